The van der Waals surface area contributed by atoms with Crippen LogP contribution in [0.15, 0.2) is 35.2 Å². The summed E-state index contributed by atoms with van der Waals surface area (Å²) in [5.74, 6) is -0.243. The first kappa shape index (κ1) is 15.7. The molecule has 1 amide bonds. The van der Waals surface area contributed by atoms with E-state index in [4.69, 9.17) is 5.11 Å². The van der Waals surface area contributed by atoms with E-state index in [1.54, 1.807) is 19.1 Å². The maximum Gasteiger partial charge on any atom is 0.251 e. The predicted octanol–water partition coefficient (Wildman–Crippen LogP) is 1.07. The van der Waals surface area contributed by atoms with E-state index in [-0.39, 0.29) is 29.4 Å². The maximum absolute atomic E-state index is 12.2. The van der Waals surface area contributed by atoms with Gasteiger partial charge in [-0.1, -0.05) is 18.2 Å². The lowest BCUT2D eigenvalue weighted by Gasteiger charge is -2.13. The van der Waals surface area contributed by atoms with Crippen LogP contribution in [-0.4, -0.2) is 38.3 Å². The van der Waals surface area contributed by atoms with Crippen molar-refractivity contribution in [3.05, 3.63) is 41.5 Å². The minimum atomic E-state index is -3.36. The molecule has 21 heavy (non-hydrogen) atoms. The van der Waals surface area contributed by atoms with Crippen molar-refractivity contribution in [2.45, 2.75) is 24.3 Å². The van der Waals surface area contributed by atoms with Crippen molar-refractivity contribution in [3.8, 4) is 0 Å². The third-order valence-electron chi connectivity index (χ3n) is 3.57. The average Bonchev–Trinajstić information content (AvgIpc) is 2.85. The molecule has 1 aliphatic carbocycles. The Morgan fingerprint density at radius 3 is 2.67 bits per heavy atom. The quantitative estimate of drug-likeness (QED) is 0.815. The normalized spacial score (nSPS) is 21.5. The molecule has 0 spiro atoms. The van der Waals surface area contributed by atoms with Crippen LogP contribution in [-0.2, 0) is 9.84 Å². The molecule has 0 aromatic heterocycles. The Morgan fingerprint density at radius 2 is 2.10 bits per heavy atom. The van der Waals surface area contributed by atoms with Gasteiger partial charge in [-0.05, 0) is 31.0 Å². The van der Waals surface area contributed by atoms with Gasteiger partial charge in [0.15, 0.2) is 9.84 Å². The van der Waals surface area contributed by atoms with Crippen LogP contribution >= 0.6 is 0 Å². The summed E-state index contributed by atoms with van der Waals surface area (Å²) < 4.78 is 23.4. The highest BCUT2D eigenvalue weighted by atomic mass is 32.2. The molecule has 114 valence electrons. The number of sulfone groups is 1. The first-order valence-electron chi connectivity index (χ1n) is 6.72. The maximum atomic E-state index is 12.2. The second kappa shape index (κ2) is 5.99. The highest BCUT2D eigenvalue weighted by Crippen LogP contribution is 2.19. The van der Waals surface area contributed by atoms with Gasteiger partial charge in [-0.15, -0.1) is 0 Å². The fourth-order valence-corrected chi connectivity index (χ4v) is 3.40. The summed E-state index contributed by atoms with van der Waals surface area (Å²) in [5.41, 5.74) is 0.942. The topological polar surface area (TPSA) is 83.5 Å². The fourth-order valence-electron chi connectivity index (χ4n) is 2.41. The lowest BCUT2D eigenvalue weighted by molar-refractivity contribution is 0.0941. The third-order valence-corrected chi connectivity index (χ3v) is 4.81. The number of aryl methyl sites for hydroxylation is 1. The highest BCUT2D eigenvalue weighted by Gasteiger charge is 2.21. The molecule has 6 heteroatoms. The molecule has 0 bridgehead atoms. The molecular formula is C15H19NO4S. The molecule has 0 unspecified atom stereocenters. The van der Waals surface area contributed by atoms with Crippen molar-refractivity contribution in [3.63, 3.8) is 0 Å². The summed E-state index contributed by atoms with van der Waals surface area (Å²) in [5, 5.41) is 11.9. The van der Waals surface area contributed by atoms with E-state index in [2.05, 4.69) is 5.32 Å². The van der Waals surface area contributed by atoms with Gasteiger partial charge in [0.05, 0.1) is 4.90 Å². The number of hydrogen-bond donors (Lipinski definition) is 2. The van der Waals surface area contributed by atoms with Gasteiger partial charge in [0.25, 0.3) is 5.91 Å². The van der Waals surface area contributed by atoms with E-state index in [9.17, 15) is 13.2 Å². The molecule has 1 aliphatic rings. The number of carbonyl (C=O) groups is 1. The van der Waals surface area contributed by atoms with Crippen LogP contribution in [0.2, 0.25) is 0 Å². The number of amides is 1. The van der Waals surface area contributed by atoms with Crippen molar-refractivity contribution >= 4 is 15.7 Å². The molecule has 0 heterocycles. The van der Waals surface area contributed by atoms with Crippen molar-refractivity contribution in [1.82, 2.24) is 5.32 Å². The summed E-state index contributed by atoms with van der Waals surface area (Å²) in [7, 11) is -3.36. The number of aliphatic hydroxyl groups is 1. The zero-order valence-corrected chi connectivity index (χ0v) is 12.9. The number of nitrogens with one attached hydrogen (secondary N) is 1. The minimum Gasteiger partial charge on any atom is -0.396 e. The molecule has 0 aliphatic heterocycles. The Kier molecular flexibility index (Phi) is 4.49. The van der Waals surface area contributed by atoms with Gasteiger partial charge in [0.1, 0.15) is 0 Å². The van der Waals surface area contributed by atoms with E-state index >= 15 is 0 Å². The Morgan fingerprint density at radius 1 is 1.38 bits per heavy atom. The van der Waals surface area contributed by atoms with E-state index < -0.39 is 9.84 Å². The first-order chi connectivity index (χ1) is 9.81. The number of aliphatic hydroxyl groups excluding tert-OH is 1. The molecule has 2 rings (SSSR count). The smallest absolute Gasteiger partial charge is 0.251 e. The molecule has 1 aromatic carbocycles. The monoisotopic (exact) mass is 309 g/mol. The van der Waals surface area contributed by atoms with E-state index in [0.717, 1.165) is 6.26 Å². The largest absolute Gasteiger partial charge is 0.396 e. The van der Waals surface area contributed by atoms with Gasteiger partial charge < -0.3 is 10.4 Å². The fraction of sp³-hybridized carbons (Fsp3) is 0.400. The number of benzene rings is 1. The Balaban J connectivity index is 2.16. The standard InChI is InChI=1S/C15H19NO4S/c1-10-3-5-12(8-14(10)21(2,19)20)15(18)16-13-6-4-11(7-13)9-17/h3-6,8,11,13,17H,7,9H2,1-2H3,(H,16,18)/t11-,13+/m0/s1. The van der Waals surface area contributed by atoms with Crippen molar-refractivity contribution in [2.75, 3.05) is 12.9 Å². The SMILES string of the molecule is Cc1ccc(C(=O)N[C@@H]2C=C[C@H](CO)C2)cc1S(C)(=O)=O. The predicted molar refractivity (Wildman–Crippen MR) is 79.9 cm³/mol. The van der Waals surface area contributed by atoms with E-state index in [1.165, 1.54) is 6.07 Å². The summed E-state index contributed by atoms with van der Waals surface area (Å²) in [6, 6.07) is 4.52. The molecule has 0 saturated carbocycles. The van der Waals surface area contributed by atoms with Crippen LogP contribution in [0, 0.1) is 12.8 Å². The molecular weight excluding hydrogens is 290 g/mol. The lowest BCUT2D eigenvalue weighted by atomic mass is 10.1. The van der Waals surface area contributed by atoms with Crippen molar-refractivity contribution in [1.29, 1.82) is 0 Å². The average molecular weight is 309 g/mol. The number of carbonyl (C=O) groups excluding carboxylic acids is 1. The summed E-state index contributed by atoms with van der Waals surface area (Å²) >= 11 is 0. The molecule has 2 atom stereocenters. The molecule has 0 fully saturated rings. The zero-order chi connectivity index (χ0) is 15.6. The third kappa shape index (κ3) is 3.71. The summed E-state index contributed by atoms with van der Waals surface area (Å²) in [4.78, 5) is 12.4. The summed E-state index contributed by atoms with van der Waals surface area (Å²) in [6.07, 6.45) is 5.52. The van der Waals surface area contributed by atoms with Crippen molar-refractivity contribution < 1.29 is 18.3 Å². The number of rotatable bonds is 4. The van der Waals surface area contributed by atoms with Crippen LogP contribution in [0.25, 0.3) is 0 Å². The molecule has 5 nitrogen and oxygen atoms in total. The molecule has 1 aromatic rings. The van der Waals surface area contributed by atoms with Gasteiger partial charge in [-0.2, -0.15) is 0 Å². The van der Waals surface area contributed by atoms with Crippen LogP contribution in [0.4, 0.5) is 0 Å². The molecule has 2 N–H and O–H groups in total. The lowest BCUT2D eigenvalue weighted by Crippen LogP contribution is -2.33. The van der Waals surface area contributed by atoms with Crippen LogP contribution in [0.3, 0.4) is 0 Å². The van der Waals surface area contributed by atoms with E-state index in [1.807, 2.05) is 12.2 Å². The van der Waals surface area contributed by atoms with Crippen molar-refractivity contribution in [2.24, 2.45) is 5.92 Å². The van der Waals surface area contributed by atoms with Gasteiger partial charge in [0, 0.05) is 30.4 Å². The second-order valence-electron chi connectivity index (χ2n) is 5.40. The Bertz CT molecular complexity index is 679. The Hall–Kier alpha value is -1.66. The van der Waals surface area contributed by atoms with Gasteiger partial charge in [-0.3, -0.25) is 4.79 Å². The van der Waals surface area contributed by atoms with E-state index in [0.29, 0.717) is 17.5 Å². The van der Waals surface area contributed by atoms with Gasteiger partial charge in [-0.25, -0.2) is 8.42 Å². The highest BCUT2D eigenvalue weighted by molar-refractivity contribution is 7.90. The van der Waals surface area contributed by atoms with Crippen LogP contribution in [0.5, 0.6) is 0 Å². The molecule has 0 radical (unpaired) electrons. The van der Waals surface area contributed by atoms with Crippen LogP contribution < -0.4 is 5.32 Å². The minimum absolute atomic E-state index is 0.0611. The van der Waals surface area contributed by atoms with Crippen LogP contribution in [0.1, 0.15) is 22.3 Å². The molecule has 0 saturated heterocycles. The summed E-state index contributed by atoms with van der Waals surface area (Å²) in [6.45, 7) is 1.76. The number of hydrogen-bond acceptors (Lipinski definition) is 4. The zero-order valence-electron chi connectivity index (χ0n) is 12.0. The Labute approximate surface area is 124 Å². The van der Waals surface area contributed by atoms with Gasteiger partial charge >= 0.3 is 0 Å². The first-order valence-corrected chi connectivity index (χ1v) is 8.61. The second-order valence-corrected chi connectivity index (χ2v) is 7.38. The van der Waals surface area contributed by atoms with Gasteiger partial charge in [0.2, 0.25) is 0 Å².